The fourth-order valence-corrected chi connectivity index (χ4v) is 3.66. The minimum absolute atomic E-state index is 0.0650. The standard InChI is InChI=1S/C25H20ClN7O5/c26-19-4-7-22(33-15-27-30-31-33)18(14-19)3-8-23(34)29-21(13-16-9-11-32(38)12-10-16)24(35)28-20-5-1-17(2-6-20)25(36)37/h1-12,14-15,21H,13H2,(H,28,35)(H,29,34)(H,36,37)/b8-3+. The average Bonchev–Trinajstić information content (AvgIpc) is 3.43. The summed E-state index contributed by atoms with van der Waals surface area (Å²) >= 11 is 6.12. The third kappa shape index (κ3) is 6.77. The highest BCUT2D eigenvalue weighted by Crippen LogP contribution is 2.20. The summed E-state index contributed by atoms with van der Waals surface area (Å²) in [5, 5.41) is 37.3. The van der Waals surface area contributed by atoms with Gasteiger partial charge >= 0.3 is 5.97 Å². The summed E-state index contributed by atoms with van der Waals surface area (Å²) in [6.07, 6.45) is 6.83. The number of hydrogen-bond acceptors (Lipinski definition) is 7. The molecule has 2 heterocycles. The Labute approximate surface area is 220 Å². The Bertz CT molecular complexity index is 1470. The minimum atomic E-state index is -1.09. The number of pyridine rings is 1. The first-order valence-electron chi connectivity index (χ1n) is 11.1. The number of amides is 2. The third-order valence-electron chi connectivity index (χ3n) is 5.34. The first-order chi connectivity index (χ1) is 18.3. The monoisotopic (exact) mass is 533 g/mol. The summed E-state index contributed by atoms with van der Waals surface area (Å²) < 4.78 is 2.02. The SMILES string of the molecule is O=C(/C=C/c1cc(Cl)ccc1-n1cnnn1)NC(Cc1cc[n+]([O-])cc1)C(=O)Nc1ccc(C(=O)O)cc1. The molecule has 0 radical (unpaired) electrons. The lowest BCUT2D eigenvalue weighted by molar-refractivity contribution is -0.605. The number of carbonyl (C=O) groups is 3. The number of halogens is 1. The van der Waals surface area contributed by atoms with Gasteiger partial charge < -0.3 is 20.9 Å². The molecule has 0 bridgehead atoms. The zero-order chi connectivity index (χ0) is 27.1. The van der Waals surface area contributed by atoms with Crippen LogP contribution in [0.3, 0.4) is 0 Å². The molecule has 1 atom stereocenters. The molecule has 1 unspecified atom stereocenters. The Morgan fingerprint density at radius 1 is 1.11 bits per heavy atom. The molecule has 0 saturated carbocycles. The zero-order valence-corrected chi connectivity index (χ0v) is 20.3. The smallest absolute Gasteiger partial charge is 0.335 e. The number of anilines is 1. The van der Waals surface area contributed by atoms with Gasteiger partial charge in [-0.2, -0.15) is 9.41 Å². The van der Waals surface area contributed by atoms with E-state index in [-0.39, 0.29) is 12.0 Å². The van der Waals surface area contributed by atoms with Crippen molar-refractivity contribution < 1.29 is 24.2 Å². The van der Waals surface area contributed by atoms with Gasteiger partial charge in [0.05, 0.1) is 11.3 Å². The van der Waals surface area contributed by atoms with Crippen molar-refractivity contribution in [3.63, 3.8) is 0 Å². The molecular weight excluding hydrogens is 514 g/mol. The van der Waals surface area contributed by atoms with Crippen LogP contribution in [0.1, 0.15) is 21.5 Å². The summed E-state index contributed by atoms with van der Waals surface area (Å²) in [5.41, 5.74) is 2.19. The van der Waals surface area contributed by atoms with Crippen LogP contribution in [0.25, 0.3) is 11.8 Å². The van der Waals surface area contributed by atoms with Crippen LogP contribution in [0.2, 0.25) is 5.02 Å². The molecule has 0 saturated heterocycles. The molecular formula is C25H20ClN7O5. The summed E-state index contributed by atoms with van der Waals surface area (Å²) in [6.45, 7) is 0. The molecule has 0 fully saturated rings. The number of rotatable bonds is 9. The van der Waals surface area contributed by atoms with Crippen molar-refractivity contribution in [2.75, 3.05) is 5.32 Å². The number of tetrazole rings is 1. The molecule has 13 heteroatoms. The Morgan fingerprint density at radius 2 is 1.84 bits per heavy atom. The van der Waals surface area contributed by atoms with Crippen molar-refractivity contribution in [2.24, 2.45) is 0 Å². The largest absolute Gasteiger partial charge is 0.619 e. The second kappa shape index (κ2) is 11.8. The van der Waals surface area contributed by atoms with Crippen LogP contribution >= 0.6 is 11.6 Å². The van der Waals surface area contributed by atoms with Gasteiger partial charge in [-0.05, 0) is 64.5 Å². The molecule has 2 amide bonds. The Morgan fingerprint density at radius 3 is 2.50 bits per heavy atom. The van der Waals surface area contributed by atoms with Crippen LogP contribution in [-0.4, -0.2) is 49.1 Å². The number of carbonyl (C=O) groups excluding carboxylic acids is 2. The van der Waals surface area contributed by atoms with Gasteiger partial charge in [-0.1, -0.05) is 11.6 Å². The van der Waals surface area contributed by atoms with Crippen LogP contribution < -0.4 is 15.4 Å². The number of carboxylic acid groups (broad SMARTS) is 1. The molecule has 2 aromatic carbocycles. The number of nitrogens with one attached hydrogen (secondary N) is 2. The Kier molecular flexibility index (Phi) is 8.04. The highest BCUT2D eigenvalue weighted by molar-refractivity contribution is 6.30. The molecule has 2 aromatic heterocycles. The van der Waals surface area contributed by atoms with E-state index in [0.717, 1.165) is 0 Å². The van der Waals surface area contributed by atoms with E-state index >= 15 is 0 Å². The maximum absolute atomic E-state index is 13.1. The zero-order valence-electron chi connectivity index (χ0n) is 19.6. The molecule has 0 aliphatic heterocycles. The maximum atomic E-state index is 13.1. The van der Waals surface area contributed by atoms with Gasteiger partial charge in [-0.25, -0.2) is 4.79 Å². The van der Waals surface area contributed by atoms with Crippen molar-refractivity contribution in [3.05, 3.63) is 106 Å². The topological polar surface area (TPSA) is 166 Å². The van der Waals surface area contributed by atoms with Gasteiger partial charge in [-0.3, -0.25) is 9.59 Å². The molecule has 0 aliphatic carbocycles. The number of hydrogen-bond donors (Lipinski definition) is 3. The normalized spacial score (nSPS) is 11.7. The van der Waals surface area contributed by atoms with Gasteiger partial charge in [0.2, 0.25) is 11.8 Å². The van der Waals surface area contributed by atoms with E-state index in [1.54, 1.807) is 30.3 Å². The third-order valence-corrected chi connectivity index (χ3v) is 5.58. The van der Waals surface area contributed by atoms with Gasteiger partial charge in [0.1, 0.15) is 12.4 Å². The molecule has 0 spiro atoms. The predicted molar refractivity (Wildman–Crippen MR) is 136 cm³/mol. The second-order valence-electron chi connectivity index (χ2n) is 7.99. The molecule has 38 heavy (non-hydrogen) atoms. The number of aromatic carboxylic acids is 1. The first-order valence-corrected chi connectivity index (χ1v) is 11.5. The van der Waals surface area contributed by atoms with Crippen molar-refractivity contribution >= 4 is 41.1 Å². The summed E-state index contributed by atoms with van der Waals surface area (Å²) in [7, 11) is 0. The molecule has 12 nitrogen and oxygen atoms in total. The molecule has 0 aliphatic rings. The summed E-state index contributed by atoms with van der Waals surface area (Å²) in [6, 6.07) is 12.7. The highest BCUT2D eigenvalue weighted by atomic mass is 35.5. The average molecular weight is 534 g/mol. The highest BCUT2D eigenvalue weighted by Gasteiger charge is 2.21. The minimum Gasteiger partial charge on any atom is -0.619 e. The van der Waals surface area contributed by atoms with Crippen molar-refractivity contribution in [2.45, 2.75) is 12.5 Å². The fraction of sp³-hybridized carbons (Fsp3) is 0.0800. The van der Waals surface area contributed by atoms with Crippen LogP contribution in [0.15, 0.2) is 79.4 Å². The van der Waals surface area contributed by atoms with Gasteiger partial charge in [0.25, 0.3) is 0 Å². The van der Waals surface area contributed by atoms with E-state index in [4.69, 9.17) is 16.7 Å². The van der Waals surface area contributed by atoms with E-state index in [2.05, 4.69) is 26.2 Å². The number of aromatic nitrogens is 5. The number of nitrogens with zero attached hydrogens (tertiary/aromatic N) is 5. The lowest BCUT2D eigenvalue weighted by Crippen LogP contribution is -2.44. The molecule has 4 aromatic rings. The summed E-state index contributed by atoms with van der Waals surface area (Å²) in [5.74, 6) is -2.20. The lowest BCUT2D eigenvalue weighted by Gasteiger charge is -2.18. The number of carboxylic acids is 1. The molecule has 4 rings (SSSR count). The van der Waals surface area contributed by atoms with Crippen LogP contribution in [0, 0.1) is 5.21 Å². The Balaban J connectivity index is 1.53. The van der Waals surface area contributed by atoms with Crippen LogP contribution in [0.4, 0.5) is 5.69 Å². The molecule has 3 N–H and O–H groups in total. The quantitative estimate of drug-likeness (QED) is 0.167. The number of benzene rings is 2. The van der Waals surface area contributed by atoms with E-state index < -0.39 is 23.8 Å². The van der Waals surface area contributed by atoms with Crippen molar-refractivity contribution in [3.8, 4) is 5.69 Å². The van der Waals surface area contributed by atoms with Gasteiger partial charge in [0.15, 0.2) is 12.4 Å². The van der Waals surface area contributed by atoms with E-state index in [1.807, 2.05) is 0 Å². The fourth-order valence-electron chi connectivity index (χ4n) is 3.47. The van der Waals surface area contributed by atoms with Gasteiger partial charge in [0, 0.05) is 40.9 Å². The van der Waals surface area contributed by atoms with E-state index in [9.17, 15) is 19.6 Å². The summed E-state index contributed by atoms with van der Waals surface area (Å²) in [4.78, 5) is 37.0. The van der Waals surface area contributed by atoms with E-state index in [1.165, 1.54) is 59.8 Å². The molecule has 192 valence electrons. The second-order valence-corrected chi connectivity index (χ2v) is 8.43. The van der Waals surface area contributed by atoms with Gasteiger partial charge in [-0.15, -0.1) is 5.10 Å². The maximum Gasteiger partial charge on any atom is 0.335 e. The van der Waals surface area contributed by atoms with Crippen molar-refractivity contribution in [1.82, 2.24) is 25.5 Å². The first kappa shape index (κ1) is 26.0. The lowest BCUT2D eigenvalue weighted by atomic mass is 10.1. The van der Waals surface area contributed by atoms with E-state index in [0.29, 0.717) is 32.3 Å². The van der Waals surface area contributed by atoms with Crippen molar-refractivity contribution in [1.29, 1.82) is 0 Å². The van der Waals surface area contributed by atoms with Crippen LogP contribution in [0.5, 0.6) is 0 Å². The predicted octanol–water partition coefficient (Wildman–Crippen LogP) is 2.03. The van der Waals surface area contributed by atoms with Crippen LogP contribution in [-0.2, 0) is 16.0 Å². The Hall–Kier alpha value is -5.10.